The quantitative estimate of drug-likeness (QED) is 0.828. The van der Waals surface area contributed by atoms with Crippen LogP contribution in [0.1, 0.15) is 42.1 Å². The molecule has 0 aromatic heterocycles. The topological polar surface area (TPSA) is 38.3 Å². The third-order valence-electron chi connectivity index (χ3n) is 3.86. The van der Waals surface area contributed by atoms with Crippen LogP contribution in [0.2, 0.25) is 0 Å². The van der Waals surface area contributed by atoms with E-state index in [9.17, 15) is 4.79 Å². The van der Waals surface area contributed by atoms with Gasteiger partial charge >= 0.3 is 0 Å². The first-order chi connectivity index (χ1) is 9.24. The van der Waals surface area contributed by atoms with Crippen molar-refractivity contribution in [3.05, 3.63) is 29.3 Å². The first kappa shape index (κ1) is 14.1. The van der Waals surface area contributed by atoms with Gasteiger partial charge in [-0.3, -0.25) is 4.79 Å². The normalized spacial score (nSPS) is 19.2. The molecule has 1 N–H and O–H groups in total. The number of carbonyl (C=O) groups excluding carboxylic acids is 1. The average molecular weight is 261 g/mol. The lowest BCUT2D eigenvalue weighted by Crippen LogP contribution is -2.31. The van der Waals surface area contributed by atoms with Crippen molar-refractivity contribution in [2.24, 2.45) is 5.92 Å². The SMILES string of the molecule is CCc1cc(C(=O)CC2CCCNC2)ccc1OC. The van der Waals surface area contributed by atoms with E-state index >= 15 is 0 Å². The van der Waals surface area contributed by atoms with Crippen LogP contribution in [0.5, 0.6) is 5.75 Å². The van der Waals surface area contributed by atoms with E-state index in [1.54, 1.807) is 7.11 Å². The average Bonchev–Trinajstić information content (AvgIpc) is 2.47. The molecule has 1 saturated heterocycles. The third kappa shape index (κ3) is 3.57. The minimum absolute atomic E-state index is 0.256. The summed E-state index contributed by atoms with van der Waals surface area (Å²) in [5.41, 5.74) is 1.93. The van der Waals surface area contributed by atoms with Crippen LogP contribution in [0.25, 0.3) is 0 Å². The molecule has 2 rings (SSSR count). The van der Waals surface area contributed by atoms with Crippen molar-refractivity contribution in [1.82, 2.24) is 5.32 Å². The molecular weight excluding hydrogens is 238 g/mol. The zero-order chi connectivity index (χ0) is 13.7. The second-order valence-electron chi connectivity index (χ2n) is 5.22. The Morgan fingerprint density at radius 2 is 2.32 bits per heavy atom. The number of aryl methyl sites for hydroxylation is 1. The lowest BCUT2D eigenvalue weighted by molar-refractivity contribution is 0.0953. The van der Waals surface area contributed by atoms with Crippen LogP contribution in [-0.2, 0) is 6.42 Å². The molecule has 1 unspecified atom stereocenters. The van der Waals surface area contributed by atoms with E-state index < -0.39 is 0 Å². The minimum Gasteiger partial charge on any atom is -0.496 e. The Hall–Kier alpha value is -1.35. The summed E-state index contributed by atoms with van der Waals surface area (Å²) in [7, 11) is 1.67. The van der Waals surface area contributed by atoms with Gasteiger partial charge < -0.3 is 10.1 Å². The number of ether oxygens (including phenoxy) is 1. The Bertz CT molecular complexity index is 436. The smallest absolute Gasteiger partial charge is 0.163 e. The Morgan fingerprint density at radius 3 is 2.95 bits per heavy atom. The number of Topliss-reactive ketones (excluding diaryl/α,β-unsaturated/α-hetero) is 1. The van der Waals surface area contributed by atoms with E-state index in [0.717, 1.165) is 42.8 Å². The molecule has 1 atom stereocenters. The summed E-state index contributed by atoms with van der Waals surface area (Å²) in [6.07, 6.45) is 3.88. The van der Waals surface area contributed by atoms with Crippen molar-refractivity contribution in [2.75, 3.05) is 20.2 Å². The second kappa shape index (κ2) is 6.71. The van der Waals surface area contributed by atoms with Crippen molar-refractivity contribution in [2.45, 2.75) is 32.6 Å². The fraction of sp³-hybridized carbons (Fsp3) is 0.562. The van der Waals surface area contributed by atoms with Crippen molar-refractivity contribution in [3.63, 3.8) is 0 Å². The summed E-state index contributed by atoms with van der Waals surface area (Å²) in [5.74, 6) is 1.62. The van der Waals surface area contributed by atoms with Gasteiger partial charge in [-0.15, -0.1) is 0 Å². The van der Waals surface area contributed by atoms with Gasteiger partial charge in [0, 0.05) is 12.0 Å². The van der Waals surface area contributed by atoms with Gasteiger partial charge in [-0.1, -0.05) is 6.92 Å². The molecule has 0 aliphatic carbocycles. The predicted octanol–water partition coefficient (Wildman–Crippen LogP) is 2.83. The Kier molecular flexibility index (Phi) is 4.97. The highest BCUT2D eigenvalue weighted by Crippen LogP contribution is 2.23. The molecule has 3 nitrogen and oxygen atoms in total. The fourth-order valence-corrected chi connectivity index (χ4v) is 2.71. The first-order valence-electron chi connectivity index (χ1n) is 7.15. The maximum atomic E-state index is 12.3. The van der Waals surface area contributed by atoms with Crippen LogP contribution in [0, 0.1) is 5.92 Å². The number of ketones is 1. The molecular formula is C16H23NO2. The van der Waals surface area contributed by atoms with Crippen molar-refractivity contribution in [3.8, 4) is 5.75 Å². The van der Waals surface area contributed by atoms with Gasteiger partial charge in [0.1, 0.15) is 5.75 Å². The van der Waals surface area contributed by atoms with Gasteiger partial charge in [0.15, 0.2) is 5.78 Å². The highest BCUT2D eigenvalue weighted by Gasteiger charge is 2.18. The van der Waals surface area contributed by atoms with Gasteiger partial charge in [-0.2, -0.15) is 0 Å². The van der Waals surface area contributed by atoms with Gasteiger partial charge in [-0.25, -0.2) is 0 Å². The van der Waals surface area contributed by atoms with Gasteiger partial charge in [0.25, 0.3) is 0 Å². The Labute approximate surface area is 115 Å². The highest BCUT2D eigenvalue weighted by molar-refractivity contribution is 5.96. The van der Waals surface area contributed by atoms with Crippen LogP contribution in [0.15, 0.2) is 18.2 Å². The first-order valence-corrected chi connectivity index (χ1v) is 7.15. The van der Waals surface area contributed by atoms with E-state index in [2.05, 4.69) is 12.2 Å². The molecule has 0 spiro atoms. The maximum absolute atomic E-state index is 12.3. The molecule has 1 fully saturated rings. The van der Waals surface area contributed by atoms with Crippen molar-refractivity contribution >= 4 is 5.78 Å². The minimum atomic E-state index is 0.256. The fourth-order valence-electron chi connectivity index (χ4n) is 2.71. The van der Waals surface area contributed by atoms with E-state index in [1.165, 1.54) is 6.42 Å². The number of hydrogen-bond donors (Lipinski definition) is 1. The number of carbonyl (C=O) groups is 1. The van der Waals surface area contributed by atoms with Crippen molar-refractivity contribution < 1.29 is 9.53 Å². The maximum Gasteiger partial charge on any atom is 0.163 e. The molecule has 1 aromatic rings. The Morgan fingerprint density at radius 1 is 1.47 bits per heavy atom. The third-order valence-corrected chi connectivity index (χ3v) is 3.86. The summed E-state index contributed by atoms with van der Waals surface area (Å²) < 4.78 is 5.30. The Balaban J connectivity index is 2.05. The monoisotopic (exact) mass is 261 g/mol. The van der Waals surface area contributed by atoms with Gasteiger partial charge in [0.05, 0.1) is 7.11 Å². The molecule has 1 aromatic carbocycles. The van der Waals surface area contributed by atoms with E-state index in [1.807, 2.05) is 18.2 Å². The number of nitrogens with one attached hydrogen (secondary N) is 1. The largest absolute Gasteiger partial charge is 0.496 e. The number of piperidine rings is 1. The van der Waals surface area contributed by atoms with Gasteiger partial charge in [-0.05, 0) is 62.0 Å². The van der Waals surface area contributed by atoms with Gasteiger partial charge in [0.2, 0.25) is 0 Å². The number of benzene rings is 1. The molecule has 104 valence electrons. The number of rotatable bonds is 5. The molecule has 1 aliphatic rings. The standard InChI is InChI=1S/C16H23NO2/c1-3-13-10-14(6-7-16(13)19-2)15(18)9-12-5-4-8-17-11-12/h6-7,10,12,17H,3-5,8-9,11H2,1-2H3. The molecule has 1 aliphatic heterocycles. The van der Waals surface area contributed by atoms with Crippen molar-refractivity contribution in [1.29, 1.82) is 0 Å². The second-order valence-corrected chi connectivity index (χ2v) is 5.22. The van der Waals surface area contributed by atoms with Crippen LogP contribution < -0.4 is 10.1 Å². The zero-order valence-corrected chi connectivity index (χ0v) is 11.9. The molecule has 1 heterocycles. The van der Waals surface area contributed by atoms with E-state index in [-0.39, 0.29) is 5.78 Å². The predicted molar refractivity (Wildman–Crippen MR) is 76.9 cm³/mol. The number of hydrogen-bond acceptors (Lipinski definition) is 3. The summed E-state index contributed by atoms with van der Waals surface area (Å²) in [4.78, 5) is 12.3. The molecule has 19 heavy (non-hydrogen) atoms. The van der Waals surface area contributed by atoms with Crippen LogP contribution in [0.4, 0.5) is 0 Å². The number of methoxy groups -OCH3 is 1. The van der Waals surface area contributed by atoms with E-state index in [4.69, 9.17) is 4.74 Å². The van der Waals surface area contributed by atoms with Crippen LogP contribution in [0.3, 0.4) is 0 Å². The molecule has 0 radical (unpaired) electrons. The molecule has 3 heteroatoms. The molecule has 0 saturated carbocycles. The highest BCUT2D eigenvalue weighted by atomic mass is 16.5. The zero-order valence-electron chi connectivity index (χ0n) is 11.9. The van der Waals surface area contributed by atoms with Crippen LogP contribution in [-0.4, -0.2) is 26.0 Å². The van der Waals surface area contributed by atoms with E-state index in [0.29, 0.717) is 12.3 Å². The van der Waals surface area contributed by atoms with Crippen LogP contribution >= 0.6 is 0 Å². The summed E-state index contributed by atoms with van der Waals surface area (Å²) in [5, 5.41) is 3.36. The summed E-state index contributed by atoms with van der Waals surface area (Å²) in [6, 6.07) is 5.78. The lowest BCUT2D eigenvalue weighted by atomic mass is 9.91. The lowest BCUT2D eigenvalue weighted by Gasteiger charge is -2.22. The molecule has 0 bridgehead atoms. The molecule has 0 amide bonds. The summed E-state index contributed by atoms with van der Waals surface area (Å²) >= 11 is 0. The summed E-state index contributed by atoms with van der Waals surface area (Å²) in [6.45, 7) is 4.15.